The number of thiazole rings is 1. The van der Waals surface area contributed by atoms with E-state index in [0.717, 1.165) is 5.56 Å². The van der Waals surface area contributed by atoms with Crippen molar-refractivity contribution in [3.8, 4) is 5.75 Å². The summed E-state index contributed by atoms with van der Waals surface area (Å²) in [5.41, 5.74) is 5.07. The number of nitrogens with two attached hydrogens (primary N) is 1. The van der Waals surface area contributed by atoms with Crippen LogP contribution < -0.4 is 25.4 Å². The normalized spacial score (nSPS) is 25.9. The molecule has 2 N–H and O–H groups in total. The Morgan fingerprint density at radius 2 is 2.15 bits per heavy atom. The number of para-hydroxylation sites is 1. The molecule has 2 bridgehead atoms. The fourth-order valence-corrected chi connectivity index (χ4v) is 4.96. The summed E-state index contributed by atoms with van der Waals surface area (Å²) in [6.07, 6.45) is 3.22. The van der Waals surface area contributed by atoms with Gasteiger partial charge in [0.15, 0.2) is 4.80 Å². The Morgan fingerprint density at radius 3 is 2.89 bits per heavy atom. The molecule has 2 aromatic heterocycles. The van der Waals surface area contributed by atoms with Gasteiger partial charge in [-0.05, 0) is 25.1 Å². The van der Waals surface area contributed by atoms with Gasteiger partial charge in [0, 0.05) is 11.6 Å². The highest BCUT2D eigenvalue weighted by Gasteiger charge is 2.54. The molecule has 0 spiro atoms. The highest BCUT2D eigenvalue weighted by Crippen LogP contribution is 2.46. The van der Waals surface area contributed by atoms with Crippen LogP contribution in [0, 0.1) is 5.92 Å². The van der Waals surface area contributed by atoms with Gasteiger partial charge in [0.25, 0.3) is 5.56 Å². The lowest BCUT2D eigenvalue weighted by Gasteiger charge is -2.44. The summed E-state index contributed by atoms with van der Waals surface area (Å²) in [6.45, 7) is 1.73. The van der Waals surface area contributed by atoms with Crippen LogP contribution in [0.15, 0.2) is 56.9 Å². The molecular formula is C19H15N3O4S. The minimum absolute atomic E-state index is 0.231. The van der Waals surface area contributed by atoms with Gasteiger partial charge in [-0.15, -0.1) is 0 Å². The second-order valence-electron chi connectivity index (χ2n) is 6.72. The van der Waals surface area contributed by atoms with Gasteiger partial charge in [-0.2, -0.15) is 0 Å². The molecule has 7 nitrogen and oxygen atoms in total. The minimum Gasteiger partial charge on any atom is -0.465 e. The lowest BCUT2D eigenvalue weighted by molar-refractivity contribution is -0.133. The number of carbonyl (C=O) groups excluding carboxylic acids is 1. The quantitative estimate of drug-likeness (QED) is 0.708. The van der Waals surface area contributed by atoms with Crippen LogP contribution in [0.5, 0.6) is 5.75 Å². The van der Waals surface area contributed by atoms with Gasteiger partial charge in [-0.25, -0.2) is 4.99 Å². The molecule has 0 fully saturated rings. The first-order chi connectivity index (χ1) is 13.0. The smallest absolute Gasteiger partial charge is 0.271 e. The predicted molar refractivity (Wildman–Crippen MR) is 97.9 cm³/mol. The summed E-state index contributed by atoms with van der Waals surface area (Å²) in [7, 11) is 0. The van der Waals surface area contributed by atoms with Gasteiger partial charge >= 0.3 is 0 Å². The first-order valence-corrected chi connectivity index (χ1v) is 9.23. The minimum atomic E-state index is -1.16. The number of primary amides is 1. The Bertz CT molecular complexity index is 1240. The molecule has 136 valence electrons. The molecule has 1 aromatic carbocycles. The number of furan rings is 1. The number of amides is 1. The maximum atomic E-state index is 13.2. The zero-order valence-electron chi connectivity index (χ0n) is 14.3. The lowest BCUT2D eigenvalue weighted by Crippen LogP contribution is -2.59. The van der Waals surface area contributed by atoms with Gasteiger partial charge in [0.05, 0.1) is 16.8 Å². The SMILES string of the molecule is C[C@@]12N=c3s/c(=C\c4ccco4)c(=O)n3[C@@H](c3ccccc3O1)[C@@H]2C(N)=O. The maximum Gasteiger partial charge on any atom is 0.271 e. The monoisotopic (exact) mass is 381 g/mol. The Labute approximate surface area is 157 Å². The Kier molecular flexibility index (Phi) is 3.23. The van der Waals surface area contributed by atoms with E-state index in [0.29, 0.717) is 20.8 Å². The van der Waals surface area contributed by atoms with E-state index in [4.69, 9.17) is 14.9 Å². The summed E-state index contributed by atoms with van der Waals surface area (Å²) in [5.74, 6) is -0.167. The van der Waals surface area contributed by atoms with Gasteiger partial charge < -0.3 is 14.9 Å². The van der Waals surface area contributed by atoms with E-state index in [1.165, 1.54) is 11.3 Å². The molecule has 3 aromatic rings. The molecule has 0 unspecified atom stereocenters. The summed E-state index contributed by atoms with van der Waals surface area (Å²) in [4.78, 5) is 30.6. The van der Waals surface area contributed by atoms with Crippen LogP contribution in [0.4, 0.5) is 0 Å². The highest BCUT2D eigenvalue weighted by molar-refractivity contribution is 7.07. The van der Waals surface area contributed by atoms with Crippen LogP contribution in [0.2, 0.25) is 0 Å². The van der Waals surface area contributed by atoms with Crippen molar-refractivity contribution in [3.05, 3.63) is 73.7 Å². The lowest BCUT2D eigenvalue weighted by atomic mass is 9.81. The first-order valence-electron chi connectivity index (χ1n) is 8.42. The first kappa shape index (κ1) is 16.1. The molecule has 1 amide bonds. The van der Waals surface area contributed by atoms with Gasteiger partial charge in [0.2, 0.25) is 11.6 Å². The van der Waals surface area contributed by atoms with Gasteiger partial charge in [-0.3, -0.25) is 14.2 Å². The third kappa shape index (κ3) is 2.23. The van der Waals surface area contributed by atoms with Gasteiger partial charge in [-0.1, -0.05) is 29.5 Å². The maximum absolute atomic E-state index is 13.2. The van der Waals surface area contributed by atoms with Crippen LogP contribution in [0.1, 0.15) is 24.3 Å². The number of ether oxygens (including phenoxy) is 1. The van der Waals surface area contributed by atoms with Crippen LogP contribution in [0.25, 0.3) is 6.08 Å². The van der Waals surface area contributed by atoms with E-state index in [9.17, 15) is 9.59 Å². The molecule has 2 aliphatic rings. The van der Waals surface area contributed by atoms with Crippen LogP contribution >= 0.6 is 11.3 Å². The number of benzene rings is 1. The topological polar surface area (TPSA) is 99.8 Å². The molecular weight excluding hydrogens is 366 g/mol. The highest BCUT2D eigenvalue weighted by atomic mass is 32.1. The van der Waals surface area contributed by atoms with Crippen molar-refractivity contribution in [1.29, 1.82) is 0 Å². The molecule has 0 saturated heterocycles. The average molecular weight is 381 g/mol. The summed E-state index contributed by atoms with van der Waals surface area (Å²) in [5, 5.41) is 0. The number of aromatic nitrogens is 1. The number of hydrogen-bond donors (Lipinski definition) is 1. The zero-order valence-corrected chi connectivity index (χ0v) is 15.1. The molecule has 0 aliphatic carbocycles. The van der Waals surface area contributed by atoms with Crippen molar-refractivity contribution in [1.82, 2.24) is 4.57 Å². The molecule has 0 radical (unpaired) electrons. The fourth-order valence-electron chi connectivity index (χ4n) is 3.88. The van der Waals surface area contributed by atoms with Crippen molar-refractivity contribution < 1.29 is 13.9 Å². The average Bonchev–Trinajstić information content (AvgIpc) is 3.22. The van der Waals surface area contributed by atoms with E-state index < -0.39 is 23.6 Å². The molecule has 0 saturated carbocycles. The van der Waals surface area contributed by atoms with E-state index in [1.54, 1.807) is 36.0 Å². The van der Waals surface area contributed by atoms with Crippen molar-refractivity contribution in [2.24, 2.45) is 16.6 Å². The summed E-state index contributed by atoms with van der Waals surface area (Å²) in [6, 6.07) is 10.3. The Morgan fingerprint density at radius 1 is 1.33 bits per heavy atom. The molecule has 4 heterocycles. The van der Waals surface area contributed by atoms with Crippen LogP contribution in [0.3, 0.4) is 0 Å². The second-order valence-corrected chi connectivity index (χ2v) is 7.72. The number of fused-ring (bicyclic) bond motifs is 6. The van der Waals surface area contributed by atoms with Crippen LogP contribution in [-0.4, -0.2) is 16.2 Å². The zero-order chi connectivity index (χ0) is 18.8. The molecule has 8 heteroatoms. The summed E-state index contributed by atoms with van der Waals surface area (Å²) < 4.78 is 13.4. The van der Waals surface area contributed by atoms with Crippen molar-refractivity contribution in [3.63, 3.8) is 0 Å². The predicted octanol–water partition coefficient (Wildman–Crippen LogP) is 0.764. The third-order valence-corrected chi connectivity index (χ3v) is 5.99. The Hall–Kier alpha value is -3.13. The second kappa shape index (κ2) is 5.43. The van der Waals surface area contributed by atoms with Crippen molar-refractivity contribution >= 4 is 23.3 Å². The van der Waals surface area contributed by atoms with E-state index >= 15 is 0 Å². The van der Waals surface area contributed by atoms with Crippen molar-refractivity contribution in [2.45, 2.75) is 18.7 Å². The van der Waals surface area contributed by atoms with E-state index in [-0.39, 0.29) is 5.56 Å². The van der Waals surface area contributed by atoms with E-state index in [2.05, 4.69) is 4.99 Å². The number of rotatable bonds is 2. The molecule has 2 aliphatic heterocycles. The van der Waals surface area contributed by atoms with Gasteiger partial charge in [0.1, 0.15) is 17.4 Å². The number of nitrogens with zero attached hydrogens (tertiary/aromatic N) is 2. The van der Waals surface area contributed by atoms with E-state index in [1.807, 2.05) is 24.3 Å². The Balaban J connectivity index is 1.85. The molecule has 3 atom stereocenters. The summed E-state index contributed by atoms with van der Waals surface area (Å²) >= 11 is 1.24. The number of hydrogen-bond acceptors (Lipinski definition) is 6. The largest absolute Gasteiger partial charge is 0.465 e. The third-order valence-electron chi connectivity index (χ3n) is 5.00. The molecule has 27 heavy (non-hydrogen) atoms. The van der Waals surface area contributed by atoms with Crippen LogP contribution in [-0.2, 0) is 4.79 Å². The molecule has 5 rings (SSSR count). The standard InChI is InChI=1S/C19H15N3O4S/c1-19-14(16(20)23)15(11-6-2-3-7-12(11)26-19)22-17(24)13(27-18(22)21-19)9-10-5-4-8-25-10/h2-9,14-15H,1H3,(H2,20,23)/b13-9-/t14-,15+,19-/m1/s1. The number of carbonyl (C=O) groups is 1. The van der Waals surface area contributed by atoms with Crippen molar-refractivity contribution in [2.75, 3.05) is 0 Å². The fraction of sp³-hybridized carbons (Fsp3) is 0.211.